The highest BCUT2D eigenvalue weighted by Crippen LogP contribution is 2.32. The predicted octanol–water partition coefficient (Wildman–Crippen LogP) is 3.08. The summed E-state index contributed by atoms with van der Waals surface area (Å²) in [4.78, 5) is 11.1. The van der Waals surface area contributed by atoms with Crippen molar-refractivity contribution in [2.24, 2.45) is 0 Å². The summed E-state index contributed by atoms with van der Waals surface area (Å²) in [6, 6.07) is 18.2. The first-order valence-corrected chi connectivity index (χ1v) is 9.48. The van der Waals surface area contributed by atoms with Crippen molar-refractivity contribution >= 4 is 19.0 Å². The van der Waals surface area contributed by atoms with E-state index in [0.29, 0.717) is 6.04 Å². The molecule has 0 spiro atoms. The van der Waals surface area contributed by atoms with Crippen LogP contribution >= 0.6 is 0 Å². The zero-order valence-corrected chi connectivity index (χ0v) is 15.7. The highest BCUT2D eigenvalue weighted by molar-refractivity contribution is 6.04. The molecule has 0 N–H and O–H groups in total. The van der Waals surface area contributed by atoms with E-state index in [-0.39, 0.29) is 0 Å². The smallest absolute Gasteiger partial charge is 0.185 e. The van der Waals surface area contributed by atoms with E-state index < -0.39 is 0 Å². The van der Waals surface area contributed by atoms with Gasteiger partial charge in [0.15, 0.2) is 13.6 Å². The Hall–Kier alpha value is -3.19. The molecule has 6 nitrogen and oxygen atoms in total. The monoisotopic (exact) mass is 369 g/mol. The van der Waals surface area contributed by atoms with E-state index in [2.05, 4.69) is 27.4 Å². The van der Waals surface area contributed by atoms with Crippen molar-refractivity contribution < 1.29 is 4.74 Å². The normalized spacial score (nSPS) is 17.2. The highest BCUT2D eigenvalue weighted by atomic mass is 16.5. The van der Waals surface area contributed by atoms with Gasteiger partial charge in [0.1, 0.15) is 23.5 Å². The Balaban J connectivity index is 1.49. The quantitative estimate of drug-likeness (QED) is 0.518. The predicted molar refractivity (Wildman–Crippen MR) is 111 cm³/mol. The van der Waals surface area contributed by atoms with Crippen LogP contribution in [0.1, 0.15) is 12.5 Å². The summed E-state index contributed by atoms with van der Waals surface area (Å²) in [5.41, 5.74) is 2.84. The number of ether oxygens (including phenoxy) is 1. The van der Waals surface area contributed by atoms with E-state index in [0.717, 1.165) is 53.3 Å². The zero-order chi connectivity index (χ0) is 18.9. The maximum atomic E-state index is 5.90. The Bertz CT molecular complexity index is 1100. The lowest BCUT2D eigenvalue weighted by Gasteiger charge is -2.11. The van der Waals surface area contributed by atoms with Crippen LogP contribution in [0.25, 0.3) is 22.3 Å². The van der Waals surface area contributed by atoms with Crippen LogP contribution in [0.15, 0.2) is 67.1 Å². The van der Waals surface area contributed by atoms with Crippen molar-refractivity contribution in [3.8, 4) is 22.8 Å². The van der Waals surface area contributed by atoms with Gasteiger partial charge in [-0.1, -0.05) is 18.2 Å². The lowest BCUT2D eigenvalue weighted by Crippen LogP contribution is -2.18. The molecule has 2 aromatic carbocycles. The van der Waals surface area contributed by atoms with Crippen LogP contribution in [0.3, 0.4) is 0 Å². The van der Waals surface area contributed by atoms with Gasteiger partial charge in [0.25, 0.3) is 0 Å². The number of rotatable bonds is 4. The summed E-state index contributed by atoms with van der Waals surface area (Å²) in [5, 5.41) is 5.92. The second-order valence-electron chi connectivity index (χ2n) is 7.20. The number of fused-ring (bicyclic) bond motifs is 1. The molecule has 1 fully saturated rings. The van der Waals surface area contributed by atoms with Gasteiger partial charge < -0.3 is 9.55 Å². The van der Waals surface area contributed by atoms with Crippen LogP contribution in [0.4, 0.5) is 0 Å². The van der Waals surface area contributed by atoms with E-state index in [1.807, 2.05) is 60.8 Å². The third kappa shape index (κ3) is 3.14. The summed E-state index contributed by atoms with van der Waals surface area (Å²) >= 11 is 0. The van der Waals surface area contributed by atoms with Crippen LogP contribution in [0.2, 0.25) is 0 Å². The second-order valence-corrected chi connectivity index (χ2v) is 7.20. The van der Waals surface area contributed by atoms with Crippen LogP contribution in [-0.2, 0) is 0 Å². The third-order valence-electron chi connectivity index (χ3n) is 5.19. The molecule has 1 aliphatic rings. The van der Waals surface area contributed by atoms with Crippen molar-refractivity contribution in [2.75, 3.05) is 13.1 Å². The van der Waals surface area contributed by atoms with E-state index >= 15 is 0 Å². The Morgan fingerprint density at radius 1 is 1.00 bits per heavy atom. The van der Waals surface area contributed by atoms with E-state index in [1.54, 1.807) is 6.33 Å². The minimum Gasteiger partial charge on any atom is -0.457 e. The molecular formula is C21H20BN5O. The average molecular weight is 369 g/mol. The summed E-state index contributed by atoms with van der Waals surface area (Å²) in [7, 11) is 2.15. The molecular weight excluding hydrogens is 349 g/mol. The minimum atomic E-state index is 0.344. The lowest BCUT2D eigenvalue weighted by atomic mass is 10.1. The summed E-state index contributed by atoms with van der Waals surface area (Å²) in [6.07, 6.45) is 4.54. The van der Waals surface area contributed by atoms with Gasteiger partial charge in [-0.05, 0) is 49.4 Å². The van der Waals surface area contributed by atoms with Gasteiger partial charge in [0.05, 0.1) is 11.4 Å². The van der Waals surface area contributed by atoms with E-state index in [4.69, 9.17) is 9.84 Å². The number of aromatic nitrogens is 4. The molecule has 1 unspecified atom stereocenters. The number of hydrogen-bond acceptors (Lipinski definition) is 5. The summed E-state index contributed by atoms with van der Waals surface area (Å²) in [5.74, 6) is 1.62. The number of nitrogens with zero attached hydrogens (tertiary/aromatic N) is 5. The molecule has 28 heavy (non-hydrogen) atoms. The summed E-state index contributed by atoms with van der Waals surface area (Å²) < 4.78 is 7.97. The van der Waals surface area contributed by atoms with Crippen molar-refractivity contribution in [1.29, 1.82) is 0 Å². The summed E-state index contributed by atoms with van der Waals surface area (Å²) in [6.45, 7) is 2.07. The molecule has 2 aromatic heterocycles. The molecule has 1 saturated heterocycles. The molecule has 1 atom stereocenters. The lowest BCUT2D eigenvalue weighted by molar-refractivity contribution is 0.468. The molecule has 1 aliphatic heterocycles. The van der Waals surface area contributed by atoms with Gasteiger partial charge in [-0.25, -0.2) is 14.6 Å². The van der Waals surface area contributed by atoms with E-state index in [9.17, 15) is 0 Å². The van der Waals surface area contributed by atoms with Crippen molar-refractivity contribution in [2.45, 2.75) is 12.5 Å². The molecule has 0 aliphatic carbocycles. The fourth-order valence-corrected chi connectivity index (χ4v) is 3.77. The second kappa shape index (κ2) is 7.09. The van der Waals surface area contributed by atoms with E-state index in [1.165, 1.54) is 0 Å². The van der Waals surface area contributed by atoms with Crippen LogP contribution in [0, 0.1) is 0 Å². The first-order valence-electron chi connectivity index (χ1n) is 9.48. The fourth-order valence-electron chi connectivity index (χ4n) is 3.77. The Morgan fingerprint density at radius 2 is 1.79 bits per heavy atom. The van der Waals surface area contributed by atoms with Crippen LogP contribution in [-0.4, -0.2) is 45.6 Å². The van der Waals surface area contributed by atoms with Crippen LogP contribution in [0.5, 0.6) is 11.5 Å². The number of hydrogen-bond donors (Lipinski definition) is 0. The Morgan fingerprint density at radius 3 is 2.54 bits per heavy atom. The molecule has 0 amide bonds. The van der Waals surface area contributed by atoms with Gasteiger partial charge in [0, 0.05) is 18.3 Å². The average Bonchev–Trinajstić information content (AvgIpc) is 3.33. The minimum absolute atomic E-state index is 0.344. The standard InChI is InChI=1S/C21H20BN5O/c22-26-11-10-16(13-26)27-21-19(12-23-14-24-21)20(25-27)15-6-8-18(9-7-15)28-17-4-2-1-3-5-17/h1-9,12,14,16H,10-11,13,22H2. The Kier molecular flexibility index (Phi) is 4.29. The zero-order valence-electron chi connectivity index (χ0n) is 15.7. The largest absolute Gasteiger partial charge is 0.457 e. The molecule has 0 bridgehead atoms. The molecule has 5 rings (SSSR count). The molecule has 7 heteroatoms. The fraction of sp³-hybridized carbons (Fsp3) is 0.190. The number of benzene rings is 2. The van der Waals surface area contributed by atoms with Crippen molar-refractivity contribution in [3.05, 3.63) is 67.1 Å². The Labute approximate surface area is 164 Å². The highest BCUT2D eigenvalue weighted by Gasteiger charge is 2.25. The van der Waals surface area contributed by atoms with Gasteiger partial charge in [0.2, 0.25) is 0 Å². The molecule has 0 saturated carbocycles. The molecule has 4 aromatic rings. The molecule has 3 heterocycles. The maximum Gasteiger partial charge on any atom is 0.185 e. The van der Waals surface area contributed by atoms with Crippen LogP contribution < -0.4 is 4.74 Å². The van der Waals surface area contributed by atoms with Gasteiger partial charge in [-0.2, -0.15) is 5.10 Å². The topological polar surface area (TPSA) is 56.1 Å². The van der Waals surface area contributed by atoms with Crippen molar-refractivity contribution in [1.82, 2.24) is 24.6 Å². The van der Waals surface area contributed by atoms with Gasteiger partial charge >= 0.3 is 0 Å². The first kappa shape index (κ1) is 17.0. The SMILES string of the molecule is BN1CCC(n2nc(-c3ccc(Oc4ccccc4)cc3)c3cncnc32)C1. The van der Waals surface area contributed by atoms with Gasteiger partial charge in [-0.15, -0.1) is 0 Å². The molecule has 0 radical (unpaired) electrons. The van der Waals surface area contributed by atoms with Crippen molar-refractivity contribution in [3.63, 3.8) is 0 Å². The first-order chi connectivity index (χ1) is 13.8. The van der Waals surface area contributed by atoms with Gasteiger partial charge in [-0.3, -0.25) is 0 Å². The third-order valence-corrected chi connectivity index (χ3v) is 5.19. The maximum absolute atomic E-state index is 5.90. The number of para-hydroxylation sites is 1. The molecule has 138 valence electrons.